The lowest BCUT2D eigenvalue weighted by molar-refractivity contribution is 0.190. The van der Waals surface area contributed by atoms with Gasteiger partial charge in [0.2, 0.25) is 0 Å². The molecular weight excluding hydrogens is 224 g/mol. The Kier molecular flexibility index (Phi) is 4.61. The smallest absolute Gasteiger partial charge is 0.125 e. The Morgan fingerprint density at radius 2 is 1.72 bits per heavy atom. The average molecular weight is 248 g/mol. The number of benzene rings is 1. The van der Waals surface area contributed by atoms with Crippen molar-refractivity contribution in [3.05, 3.63) is 28.8 Å². The maximum absolute atomic E-state index is 5.96. The summed E-state index contributed by atoms with van der Waals surface area (Å²) in [6.07, 6.45) is 0. The lowest BCUT2D eigenvalue weighted by Gasteiger charge is -2.27. The van der Waals surface area contributed by atoms with Crippen LogP contribution in [0, 0.1) is 20.8 Å². The van der Waals surface area contributed by atoms with E-state index in [-0.39, 0.29) is 0 Å². The highest BCUT2D eigenvalue weighted by Gasteiger charge is 2.10. The fourth-order valence-electron chi connectivity index (χ4n) is 2.61. The van der Waals surface area contributed by atoms with E-state index in [2.05, 4.69) is 43.1 Å². The SMILES string of the molecule is Cc1cc(C)c(OCCN2CCNCC2)c(C)c1. The van der Waals surface area contributed by atoms with Crippen molar-refractivity contribution in [2.24, 2.45) is 0 Å². The van der Waals surface area contributed by atoms with Crippen LogP contribution in [0.2, 0.25) is 0 Å². The molecule has 100 valence electrons. The molecular formula is C15H24N2O. The molecule has 1 aliphatic heterocycles. The maximum atomic E-state index is 5.96. The van der Waals surface area contributed by atoms with Crippen molar-refractivity contribution in [2.45, 2.75) is 20.8 Å². The van der Waals surface area contributed by atoms with Crippen molar-refractivity contribution in [2.75, 3.05) is 39.3 Å². The number of ether oxygens (including phenoxy) is 1. The van der Waals surface area contributed by atoms with Crippen molar-refractivity contribution in [1.82, 2.24) is 10.2 Å². The third kappa shape index (κ3) is 3.47. The Labute approximate surface area is 110 Å². The van der Waals surface area contributed by atoms with Crippen LogP contribution in [0.3, 0.4) is 0 Å². The number of piperazine rings is 1. The summed E-state index contributed by atoms with van der Waals surface area (Å²) in [5.41, 5.74) is 3.79. The molecule has 18 heavy (non-hydrogen) atoms. The second kappa shape index (κ2) is 6.21. The lowest BCUT2D eigenvalue weighted by Crippen LogP contribution is -2.44. The highest BCUT2D eigenvalue weighted by molar-refractivity contribution is 5.42. The number of nitrogens with zero attached hydrogens (tertiary/aromatic N) is 1. The third-order valence-electron chi connectivity index (χ3n) is 3.47. The lowest BCUT2D eigenvalue weighted by atomic mass is 10.1. The minimum Gasteiger partial charge on any atom is -0.492 e. The van der Waals surface area contributed by atoms with Crippen LogP contribution in [0.4, 0.5) is 0 Å². The summed E-state index contributed by atoms with van der Waals surface area (Å²) in [5.74, 6) is 1.07. The predicted octanol–water partition coefficient (Wildman–Crippen LogP) is 1.90. The van der Waals surface area contributed by atoms with Crippen LogP contribution in [-0.4, -0.2) is 44.2 Å². The zero-order chi connectivity index (χ0) is 13.0. The first-order valence-electron chi connectivity index (χ1n) is 6.80. The number of hydrogen-bond donors (Lipinski definition) is 1. The van der Waals surface area contributed by atoms with E-state index >= 15 is 0 Å². The summed E-state index contributed by atoms with van der Waals surface area (Å²) in [6, 6.07) is 4.38. The van der Waals surface area contributed by atoms with E-state index in [1.54, 1.807) is 0 Å². The van der Waals surface area contributed by atoms with Gasteiger partial charge in [-0.05, 0) is 31.9 Å². The Morgan fingerprint density at radius 3 is 2.33 bits per heavy atom. The fraction of sp³-hybridized carbons (Fsp3) is 0.600. The molecule has 1 aromatic rings. The zero-order valence-corrected chi connectivity index (χ0v) is 11.8. The minimum atomic E-state index is 0.782. The topological polar surface area (TPSA) is 24.5 Å². The van der Waals surface area contributed by atoms with E-state index in [1.165, 1.54) is 16.7 Å². The number of rotatable bonds is 4. The van der Waals surface area contributed by atoms with Crippen molar-refractivity contribution >= 4 is 0 Å². The largest absolute Gasteiger partial charge is 0.492 e. The molecule has 1 N–H and O–H groups in total. The molecule has 0 aliphatic carbocycles. The molecule has 1 saturated heterocycles. The van der Waals surface area contributed by atoms with E-state index in [1.807, 2.05) is 0 Å². The van der Waals surface area contributed by atoms with Crippen molar-refractivity contribution < 1.29 is 4.74 Å². The molecule has 1 aliphatic rings. The molecule has 0 radical (unpaired) electrons. The standard InChI is InChI=1S/C15H24N2O/c1-12-10-13(2)15(14(3)11-12)18-9-8-17-6-4-16-5-7-17/h10-11,16H,4-9H2,1-3H3. The normalized spacial score (nSPS) is 16.8. The highest BCUT2D eigenvalue weighted by atomic mass is 16.5. The number of aryl methyl sites for hydroxylation is 3. The molecule has 3 nitrogen and oxygen atoms in total. The quantitative estimate of drug-likeness (QED) is 0.880. The van der Waals surface area contributed by atoms with Gasteiger partial charge in [0.25, 0.3) is 0 Å². The number of nitrogens with one attached hydrogen (secondary N) is 1. The molecule has 0 amide bonds. The monoisotopic (exact) mass is 248 g/mol. The van der Waals surface area contributed by atoms with E-state index in [4.69, 9.17) is 4.74 Å². The molecule has 0 saturated carbocycles. The molecule has 3 heteroatoms. The van der Waals surface area contributed by atoms with Crippen molar-refractivity contribution in [3.63, 3.8) is 0 Å². The van der Waals surface area contributed by atoms with Gasteiger partial charge in [0.05, 0.1) is 0 Å². The summed E-state index contributed by atoms with van der Waals surface area (Å²) in [6.45, 7) is 12.7. The molecule has 1 aromatic carbocycles. The molecule has 0 atom stereocenters. The number of hydrogen-bond acceptors (Lipinski definition) is 3. The van der Waals surface area contributed by atoms with Crippen LogP contribution in [0.1, 0.15) is 16.7 Å². The Hall–Kier alpha value is -1.06. The Balaban J connectivity index is 1.86. The van der Waals surface area contributed by atoms with Crippen molar-refractivity contribution in [3.8, 4) is 5.75 Å². The van der Waals surface area contributed by atoms with Gasteiger partial charge in [0.15, 0.2) is 0 Å². The molecule has 0 bridgehead atoms. The molecule has 1 heterocycles. The first kappa shape index (κ1) is 13.4. The Bertz CT molecular complexity index is 374. The average Bonchev–Trinajstić information content (AvgIpc) is 2.34. The summed E-state index contributed by atoms with van der Waals surface area (Å²) >= 11 is 0. The van der Waals surface area contributed by atoms with Gasteiger partial charge in [-0.3, -0.25) is 4.90 Å². The summed E-state index contributed by atoms with van der Waals surface area (Å²) < 4.78 is 5.96. The summed E-state index contributed by atoms with van der Waals surface area (Å²) in [4.78, 5) is 2.45. The van der Waals surface area contributed by atoms with Crippen molar-refractivity contribution in [1.29, 1.82) is 0 Å². The van der Waals surface area contributed by atoms with Gasteiger partial charge in [0.1, 0.15) is 12.4 Å². The fourth-order valence-corrected chi connectivity index (χ4v) is 2.61. The predicted molar refractivity (Wildman–Crippen MR) is 75.5 cm³/mol. The van der Waals surface area contributed by atoms with Gasteiger partial charge in [-0.15, -0.1) is 0 Å². The highest BCUT2D eigenvalue weighted by Crippen LogP contribution is 2.24. The molecule has 0 unspecified atom stereocenters. The maximum Gasteiger partial charge on any atom is 0.125 e. The van der Waals surface area contributed by atoms with Gasteiger partial charge in [-0.2, -0.15) is 0 Å². The van der Waals surface area contributed by atoms with Crippen LogP contribution in [0.15, 0.2) is 12.1 Å². The zero-order valence-electron chi connectivity index (χ0n) is 11.8. The second-order valence-corrected chi connectivity index (χ2v) is 5.17. The van der Waals surface area contributed by atoms with Gasteiger partial charge < -0.3 is 10.1 Å². The summed E-state index contributed by atoms with van der Waals surface area (Å²) in [5, 5.41) is 3.36. The first-order chi connectivity index (χ1) is 8.66. The third-order valence-corrected chi connectivity index (χ3v) is 3.47. The molecule has 1 fully saturated rings. The van der Waals surface area contributed by atoms with E-state index in [0.717, 1.165) is 45.1 Å². The summed E-state index contributed by atoms with van der Waals surface area (Å²) in [7, 11) is 0. The van der Waals surface area contributed by atoms with Crippen LogP contribution in [0.25, 0.3) is 0 Å². The van der Waals surface area contributed by atoms with Crippen LogP contribution < -0.4 is 10.1 Å². The second-order valence-electron chi connectivity index (χ2n) is 5.17. The van der Waals surface area contributed by atoms with Gasteiger partial charge >= 0.3 is 0 Å². The van der Waals surface area contributed by atoms with Gasteiger partial charge in [-0.25, -0.2) is 0 Å². The van der Waals surface area contributed by atoms with Crippen LogP contribution in [0.5, 0.6) is 5.75 Å². The van der Waals surface area contributed by atoms with E-state index in [9.17, 15) is 0 Å². The van der Waals surface area contributed by atoms with Gasteiger partial charge in [0, 0.05) is 32.7 Å². The van der Waals surface area contributed by atoms with Crippen LogP contribution in [-0.2, 0) is 0 Å². The minimum absolute atomic E-state index is 0.782. The molecule has 2 rings (SSSR count). The van der Waals surface area contributed by atoms with E-state index in [0.29, 0.717) is 0 Å². The van der Waals surface area contributed by atoms with Gasteiger partial charge in [-0.1, -0.05) is 17.7 Å². The van der Waals surface area contributed by atoms with Crippen LogP contribution >= 0.6 is 0 Å². The first-order valence-corrected chi connectivity index (χ1v) is 6.80. The molecule has 0 aromatic heterocycles. The molecule has 0 spiro atoms. The Morgan fingerprint density at radius 1 is 1.11 bits per heavy atom. The van der Waals surface area contributed by atoms with E-state index < -0.39 is 0 Å².